The second-order valence-corrected chi connectivity index (χ2v) is 5.76. The van der Waals surface area contributed by atoms with Gasteiger partial charge in [-0.25, -0.2) is 4.79 Å². The average Bonchev–Trinajstić information content (AvgIpc) is 2.64. The normalized spacial score (nSPS) is 17.2. The first kappa shape index (κ1) is 21.3. The topological polar surface area (TPSA) is 137 Å². The van der Waals surface area contributed by atoms with Crippen molar-refractivity contribution in [1.29, 1.82) is 0 Å². The summed E-state index contributed by atoms with van der Waals surface area (Å²) in [5, 5.41) is 46.7. The Balaban J connectivity index is 2.53. The quantitative estimate of drug-likeness (QED) is 0.352. The molecule has 0 aliphatic heterocycles. The zero-order valence-electron chi connectivity index (χ0n) is 14.3. The van der Waals surface area contributed by atoms with Gasteiger partial charge in [0.2, 0.25) is 0 Å². The van der Waals surface area contributed by atoms with Gasteiger partial charge in [0.25, 0.3) is 0 Å². The lowest BCUT2D eigenvalue weighted by Gasteiger charge is -2.25. The lowest BCUT2D eigenvalue weighted by Crippen LogP contribution is -2.47. The fourth-order valence-electron chi connectivity index (χ4n) is 1.89. The van der Waals surface area contributed by atoms with E-state index in [4.69, 9.17) is 14.6 Å². The molecule has 142 valence electrons. The maximum atomic E-state index is 11.9. The summed E-state index contributed by atoms with van der Waals surface area (Å²) in [4.78, 5) is 11.9. The molecule has 5 atom stereocenters. The van der Waals surface area contributed by atoms with Gasteiger partial charge in [-0.2, -0.15) is 0 Å². The van der Waals surface area contributed by atoms with E-state index in [9.17, 15) is 25.2 Å². The van der Waals surface area contributed by atoms with Crippen molar-refractivity contribution >= 4 is 5.97 Å². The van der Waals surface area contributed by atoms with Crippen LogP contribution < -0.4 is 4.74 Å². The fraction of sp³-hybridized carbons (Fsp3) is 0.588. The van der Waals surface area contributed by atoms with E-state index >= 15 is 0 Å². The molecule has 0 bridgehead atoms. The third-order valence-electron chi connectivity index (χ3n) is 3.71. The zero-order chi connectivity index (χ0) is 19.0. The highest BCUT2D eigenvalue weighted by Gasteiger charge is 2.30. The molecular formula is C17H26O8. The van der Waals surface area contributed by atoms with Gasteiger partial charge in [-0.15, -0.1) is 0 Å². The highest BCUT2D eigenvalue weighted by Crippen LogP contribution is 2.16. The van der Waals surface area contributed by atoms with Crippen molar-refractivity contribution < 1.29 is 39.8 Å². The Morgan fingerprint density at radius 2 is 1.60 bits per heavy atom. The Hall–Kier alpha value is -1.71. The summed E-state index contributed by atoms with van der Waals surface area (Å²) in [6, 6.07) is 6.26. The number of hydrogen-bond donors (Lipinski definition) is 5. The van der Waals surface area contributed by atoms with Crippen LogP contribution in [0.15, 0.2) is 24.3 Å². The molecular weight excluding hydrogens is 332 g/mol. The SMILES string of the molecule is CCC(C)Oc1ccc(C(=O)OC[C@@H](O)[C@@H](O)[C@H](O)[C@@H](O)CO)cc1. The number of rotatable bonds is 10. The number of ether oxygens (including phenoxy) is 2. The molecule has 8 nitrogen and oxygen atoms in total. The van der Waals surface area contributed by atoms with Crippen molar-refractivity contribution in [3.63, 3.8) is 0 Å². The van der Waals surface area contributed by atoms with Gasteiger partial charge in [-0.3, -0.25) is 0 Å². The van der Waals surface area contributed by atoms with Crippen LogP contribution in [0, 0.1) is 0 Å². The summed E-state index contributed by atoms with van der Waals surface area (Å²) in [5.41, 5.74) is 0.231. The zero-order valence-corrected chi connectivity index (χ0v) is 14.3. The van der Waals surface area contributed by atoms with E-state index in [1.807, 2.05) is 13.8 Å². The first-order chi connectivity index (χ1) is 11.8. The van der Waals surface area contributed by atoms with Crippen LogP contribution in [0.3, 0.4) is 0 Å². The molecule has 25 heavy (non-hydrogen) atoms. The third kappa shape index (κ3) is 6.60. The molecule has 1 rings (SSSR count). The second kappa shape index (κ2) is 10.3. The predicted octanol–water partition coefficient (Wildman–Crippen LogP) is -0.543. The van der Waals surface area contributed by atoms with Crippen LogP contribution in [0.5, 0.6) is 5.75 Å². The van der Waals surface area contributed by atoms with Crippen molar-refractivity contribution in [3.8, 4) is 5.75 Å². The summed E-state index contributed by atoms with van der Waals surface area (Å²) < 4.78 is 10.5. The van der Waals surface area contributed by atoms with E-state index in [1.54, 1.807) is 12.1 Å². The molecule has 5 N–H and O–H groups in total. The van der Waals surface area contributed by atoms with Crippen LogP contribution in [0.25, 0.3) is 0 Å². The average molecular weight is 358 g/mol. The van der Waals surface area contributed by atoms with Gasteiger partial charge in [0.05, 0.1) is 18.3 Å². The molecule has 0 aliphatic rings. The Labute approximate surface area is 146 Å². The Kier molecular flexibility index (Phi) is 8.81. The molecule has 8 heteroatoms. The summed E-state index contributed by atoms with van der Waals surface area (Å²) in [5.74, 6) is -0.110. The van der Waals surface area contributed by atoms with Gasteiger partial charge >= 0.3 is 5.97 Å². The Morgan fingerprint density at radius 1 is 1.04 bits per heavy atom. The molecule has 0 saturated carbocycles. The van der Waals surface area contributed by atoms with Crippen LogP contribution in [0.2, 0.25) is 0 Å². The highest BCUT2D eigenvalue weighted by molar-refractivity contribution is 5.89. The number of hydrogen-bond acceptors (Lipinski definition) is 8. The van der Waals surface area contributed by atoms with E-state index in [1.165, 1.54) is 12.1 Å². The van der Waals surface area contributed by atoms with Crippen molar-refractivity contribution in [2.24, 2.45) is 0 Å². The summed E-state index contributed by atoms with van der Waals surface area (Å²) in [6.45, 7) is 2.56. The first-order valence-electron chi connectivity index (χ1n) is 8.07. The molecule has 0 aliphatic carbocycles. The van der Waals surface area contributed by atoms with E-state index in [2.05, 4.69) is 0 Å². The minimum absolute atomic E-state index is 0.0511. The monoisotopic (exact) mass is 358 g/mol. The standard InChI is InChI=1S/C17H26O8/c1-3-10(2)25-12-6-4-11(5-7-12)17(23)24-9-14(20)16(22)15(21)13(19)8-18/h4-7,10,13-16,18-22H,3,8-9H2,1-2H3/t10?,13-,14+,15+,16+/m0/s1. The smallest absolute Gasteiger partial charge is 0.338 e. The van der Waals surface area contributed by atoms with E-state index in [0.29, 0.717) is 5.75 Å². The van der Waals surface area contributed by atoms with Crippen LogP contribution in [0.4, 0.5) is 0 Å². The molecule has 0 saturated heterocycles. The van der Waals surface area contributed by atoms with Gasteiger partial charge in [0.15, 0.2) is 0 Å². The summed E-state index contributed by atoms with van der Waals surface area (Å²) in [7, 11) is 0. The van der Waals surface area contributed by atoms with Gasteiger partial charge in [-0.1, -0.05) is 6.92 Å². The van der Waals surface area contributed by atoms with Gasteiger partial charge in [0, 0.05) is 0 Å². The minimum Gasteiger partial charge on any atom is -0.491 e. The number of benzene rings is 1. The van der Waals surface area contributed by atoms with Gasteiger partial charge in [-0.05, 0) is 37.6 Å². The minimum atomic E-state index is -1.78. The molecule has 0 radical (unpaired) electrons. The lowest BCUT2D eigenvalue weighted by atomic mass is 10.0. The molecule has 1 unspecified atom stereocenters. The van der Waals surface area contributed by atoms with Gasteiger partial charge in [0.1, 0.15) is 36.8 Å². The van der Waals surface area contributed by atoms with Crippen molar-refractivity contribution in [2.75, 3.05) is 13.2 Å². The fourth-order valence-corrected chi connectivity index (χ4v) is 1.89. The summed E-state index contributed by atoms with van der Waals surface area (Å²) >= 11 is 0. The molecule has 1 aromatic carbocycles. The lowest BCUT2D eigenvalue weighted by molar-refractivity contribution is -0.124. The van der Waals surface area contributed by atoms with Crippen LogP contribution >= 0.6 is 0 Å². The number of carbonyl (C=O) groups excluding carboxylic acids is 1. The number of aliphatic hydroxyl groups excluding tert-OH is 5. The number of aliphatic hydroxyl groups is 5. The van der Waals surface area contributed by atoms with Gasteiger partial charge < -0.3 is 35.0 Å². The van der Waals surface area contributed by atoms with Crippen LogP contribution in [0.1, 0.15) is 30.6 Å². The Bertz CT molecular complexity index is 518. The van der Waals surface area contributed by atoms with Crippen molar-refractivity contribution in [3.05, 3.63) is 29.8 Å². The Morgan fingerprint density at radius 3 is 2.12 bits per heavy atom. The predicted molar refractivity (Wildman–Crippen MR) is 88.2 cm³/mol. The molecule has 0 amide bonds. The van der Waals surface area contributed by atoms with Crippen LogP contribution in [-0.2, 0) is 4.74 Å². The van der Waals surface area contributed by atoms with E-state index < -0.39 is 43.6 Å². The third-order valence-corrected chi connectivity index (χ3v) is 3.71. The molecule has 0 spiro atoms. The highest BCUT2D eigenvalue weighted by atomic mass is 16.5. The number of carbonyl (C=O) groups is 1. The first-order valence-corrected chi connectivity index (χ1v) is 8.07. The number of esters is 1. The second-order valence-electron chi connectivity index (χ2n) is 5.76. The van der Waals surface area contributed by atoms with E-state index in [-0.39, 0.29) is 11.7 Å². The van der Waals surface area contributed by atoms with Crippen LogP contribution in [-0.4, -0.2) is 75.2 Å². The maximum Gasteiger partial charge on any atom is 0.338 e. The summed E-state index contributed by atoms with van der Waals surface area (Å²) in [6.07, 6.45) is -5.88. The van der Waals surface area contributed by atoms with Crippen molar-refractivity contribution in [1.82, 2.24) is 0 Å². The molecule has 1 aromatic rings. The largest absolute Gasteiger partial charge is 0.491 e. The molecule has 0 fully saturated rings. The molecule has 0 heterocycles. The molecule has 0 aromatic heterocycles. The maximum absolute atomic E-state index is 11.9. The van der Waals surface area contributed by atoms with E-state index in [0.717, 1.165) is 6.42 Å². The van der Waals surface area contributed by atoms with Crippen molar-refractivity contribution in [2.45, 2.75) is 50.8 Å².